The third-order valence-corrected chi connectivity index (χ3v) is 3.64. The molecule has 2 rings (SSSR count). The standard InChI is InChI=1S/C13H14N2O2S/c1-7-4-10(13(16)17-3)11(14)5-9(7)12-15-8(2)6-18-12/h4-6H,14H2,1-3H3. The Labute approximate surface area is 109 Å². The Balaban J connectivity index is 2.52. The van der Waals surface area contributed by atoms with Gasteiger partial charge in [0.15, 0.2) is 0 Å². The minimum absolute atomic E-state index is 0.395. The Morgan fingerprint density at radius 2 is 2.11 bits per heavy atom. The number of carbonyl (C=O) groups is 1. The largest absolute Gasteiger partial charge is 0.465 e. The summed E-state index contributed by atoms with van der Waals surface area (Å²) < 4.78 is 4.69. The number of aryl methyl sites for hydroxylation is 2. The Kier molecular flexibility index (Phi) is 3.34. The molecule has 0 spiro atoms. The van der Waals surface area contributed by atoms with E-state index in [-0.39, 0.29) is 0 Å². The van der Waals surface area contributed by atoms with Crippen molar-refractivity contribution in [2.75, 3.05) is 12.8 Å². The van der Waals surface area contributed by atoms with E-state index in [1.165, 1.54) is 7.11 Å². The molecule has 0 saturated carbocycles. The number of thiazole rings is 1. The molecule has 18 heavy (non-hydrogen) atoms. The highest BCUT2D eigenvalue weighted by atomic mass is 32.1. The fourth-order valence-electron chi connectivity index (χ4n) is 1.72. The van der Waals surface area contributed by atoms with Crippen molar-refractivity contribution in [3.63, 3.8) is 0 Å². The molecule has 4 nitrogen and oxygen atoms in total. The van der Waals surface area contributed by atoms with Gasteiger partial charge in [-0.1, -0.05) is 0 Å². The van der Waals surface area contributed by atoms with E-state index >= 15 is 0 Å². The van der Waals surface area contributed by atoms with Crippen LogP contribution in [0.15, 0.2) is 17.5 Å². The molecule has 0 fully saturated rings. The smallest absolute Gasteiger partial charge is 0.339 e. The topological polar surface area (TPSA) is 65.2 Å². The van der Waals surface area contributed by atoms with Crippen LogP contribution in [0.5, 0.6) is 0 Å². The molecule has 0 bridgehead atoms. The second-order valence-electron chi connectivity index (χ2n) is 4.04. The lowest BCUT2D eigenvalue weighted by atomic mass is 10.0. The number of nitrogens with two attached hydrogens (primary N) is 1. The number of methoxy groups -OCH3 is 1. The van der Waals surface area contributed by atoms with Gasteiger partial charge in [-0.15, -0.1) is 11.3 Å². The average molecular weight is 262 g/mol. The van der Waals surface area contributed by atoms with Crippen LogP contribution >= 0.6 is 11.3 Å². The maximum Gasteiger partial charge on any atom is 0.339 e. The molecule has 94 valence electrons. The molecule has 2 N–H and O–H groups in total. The van der Waals surface area contributed by atoms with Crippen LogP contribution in [-0.4, -0.2) is 18.1 Å². The second-order valence-corrected chi connectivity index (χ2v) is 4.90. The number of benzene rings is 1. The monoisotopic (exact) mass is 262 g/mol. The van der Waals surface area contributed by atoms with Crippen LogP contribution in [0.1, 0.15) is 21.6 Å². The lowest BCUT2D eigenvalue weighted by molar-refractivity contribution is 0.0602. The lowest BCUT2D eigenvalue weighted by Crippen LogP contribution is -2.06. The Bertz CT molecular complexity index is 605. The number of carbonyl (C=O) groups excluding carboxylic acids is 1. The van der Waals surface area contributed by atoms with Crippen molar-refractivity contribution in [3.05, 3.63) is 34.3 Å². The van der Waals surface area contributed by atoms with Crippen molar-refractivity contribution in [3.8, 4) is 10.6 Å². The van der Waals surface area contributed by atoms with Crippen LogP contribution in [0, 0.1) is 13.8 Å². The highest BCUT2D eigenvalue weighted by Gasteiger charge is 2.14. The Morgan fingerprint density at radius 1 is 1.39 bits per heavy atom. The fourth-order valence-corrected chi connectivity index (χ4v) is 2.60. The van der Waals surface area contributed by atoms with Gasteiger partial charge in [0.25, 0.3) is 0 Å². The van der Waals surface area contributed by atoms with Crippen LogP contribution in [0.25, 0.3) is 10.6 Å². The Morgan fingerprint density at radius 3 is 2.67 bits per heavy atom. The predicted molar refractivity (Wildman–Crippen MR) is 72.8 cm³/mol. The molecule has 0 atom stereocenters. The van der Waals surface area contributed by atoms with Gasteiger partial charge in [0.1, 0.15) is 5.01 Å². The second kappa shape index (κ2) is 4.78. The van der Waals surface area contributed by atoms with Gasteiger partial charge in [0, 0.05) is 22.3 Å². The van der Waals surface area contributed by atoms with Gasteiger partial charge in [0.2, 0.25) is 0 Å². The number of hydrogen-bond donors (Lipinski definition) is 1. The summed E-state index contributed by atoms with van der Waals surface area (Å²) in [7, 11) is 1.34. The number of nitrogens with zero attached hydrogens (tertiary/aromatic N) is 1. The van der Waals surface area contributed by atoms with Gasteiger partial charge >= 0.3 is 5.97 Å². The third-order valence-electron chi connectivity index (χ3n) is 2.65. The molecule has 0 aliphatic rings. The van der Waals surface area contributed by atoms with Crippen LogP contribution in [-0.2, 0) is 4.74 Å². The van der Waals surface area contributed by atoms with E-state index in [1.807, 2.05) is 19.2 Å². The summed E-state index contributed by atoms with van der Waals surface area (Å²) in [5.74, 6) is -0.419. The van der Waals surface area contributed by atoms with Crippen LogP contribution in [0.2, 0.25) is 0 Å². The molecule has 1 heterocycles. The first kappa shape index (κ1) is 12.6. The zero-order valence-corrected chi connectivity index (χ0v) is 11.3. The molecule has 2 aromatic rings. The molecule has 0 aliphatic carbocycles. The zero-order chi connectivity index (χ0) is 13.3. The molecule has 5 heteroatoms. The summed E-state index contributed by atoms with van der Waals surface area (Å²) >= 11 is 1.56. The summed E-state index contributed by atoms with van der Waals surface area (Å²) in [4.78, 5) is 15.9. The van der Waals surface area contributed by atoms with Gasteiger partial charge in [-0.05, 0) is 31.5 Å². The quantitative estimate of drug-likeness (QED) is 0.667. The van der Waals surface area contributed by atoms with E-state index in [0.717, 1.165) is 21.8 Å². The maximum atomic E-state index is 11.5. The highest BCUT2D eigenvalue weighted by molar-refractivity contribution is 7.13. The first-order valence-corrected chi connectivity index (χ1v) is 6.32. The summed E-state index contributed by atoms with van der Waals surface area (Å²) in [5.41, 5.74) is 9.59. The fraction of sp³-hybridized carbons (Fsp3) is 0.231. The van der Waals surface area contributed by atoms with Gasteiger partial charge in [-0.25, -0.2) is 9.78 Å². The van der Waals surface area contributed by atoms with Gasteiger partial charge in [0.05, 0.1) is 12.7 Å². The van der Waals surface area contributed by atoms with Gasteiger partial charge < -0.3 is 10.5 Å². The lowest BCUT2D eigenvalue weighted by Gasteiger charge is -2.08. The number of anilines is 1. The highest BCUT2D eigenvalue weighted by Crippen LogP contribution is 2.30. The molecular formula is C13H14N2O2S. The average Bonchev–Trinajstić information content (AvgIpc) is 2.77. The van der Waals surface area contributed by atoms with Crippen LogP contribution in [0.4, 0.5) is 5.69 Å². The predicted octanol–water partition coefficient (Wildman–Crippen LogP) is 2.80. The number of rotatable bonds is 2. The summed E-state index contributed by atoms with van der Waals surface area (Å²) in [6, 6.07) is 3.52. The van der Waals surface area contributed by atoms with Crippen molar-refractivity contribution >= 4 is 23.0 Å². The summed E-state index contributed by atoms with van der Waals surface area (Å²) in [6.45, 7) is 3.87. The van der Waals surface area contributed by atoms with Crippen molar-refractivity contribution in [1.82, 2.24) is 4.98 Å². The molecule has 0 amide bonds. The first-order chi connectivity index (χ1) is 8.52. The van der Waals surface area contributed by atoms with Crippen LogP contribution < -0.4 is 5.73 Å². The minimum Gasteiger partial charge on any atom is -0.465 e. The molecule has 0 unspecified atom stereocenters. The van der Waals surface area contributed by atoms with Crippen molar-refractivity contribution < 1.29 is 9.53 Å². The number of aromatic nitrogens is 1. The van der Waals surface area contributed by atoms with E-state index in [4.69, 9.17) is 5.73 Å². The van der Waals surface area contributed by atoms with Crippen molar-refractivity contribution in [1.29, 1.82) is 0 Å². The summed E-state index contributed by atoms with van der Waals surface area (Å²) in [5, 5.41) is 2.90. The molecule has 0 aliphatic heterocycles. The van der Waals surface area contributed by atoms with E-state index in [2.05, 4.69) is 9.72 Å². The van der Waals surface area contributed by atoms with E-state index < -0.39 is 5.97 Å². The number of nitrogen functional groups attached to an aromatic ring is 1. The summed E-state index contributed by atoms with van der Waals surface area (Å²) in [6.07, 6.45) is 0. The van der Waals surface area contributed by atoms with E-state index in [9.17, 15) is 4.79 Å². The normalized spacial score (nSPS) is 10.4. The third kappa shape index (κ3) is 2.22. The number of ether oxygens (including phenoxy) is 1. The van der Waals surface area contributed by atoms with Gasteiger partial charge in [-0.3, -0.25) is 0 Å². The zero-order valence-electron chi connectivity index (χ0n) is 10.5. The van der Waals surface area contributed by atoms with E-state index in [1.54, 1.807) is 23.5 Å². The molecule has 1 aromatic carbocycles. The number of esters is 1. The SMILES string of the molecule is COC(=O)c1cc(C)c(-c2nc(C)cs2)cc1N. The molecular weight excluding hydrogens is 248 g/mol. The van der Waals surface area contributed by atoms with Crippen molar-refractivity contribution in [2.24, 2.45) is 0 Å². The Hall–Kier alpha value is -1.88. The van der Waals surface area contributed by atoms with Crippen LogP contribution in [0.3, 0.4) is 0 Å². The first-order valence-electron chi connectivity index (χ1n) is 5.44. The number of hydrogen-bond acceptors (Lipinski definition) is 5. The molecule has 1 aromatic heterocycles. The van der Waals surface area contributed by atoms with Gasteiger partial charge in [-0.2, -0.15) is 0 Å². The van der Waals surface area contributed by atoms with Crippen molar-refractivity contribution in [2.45, 2.75) is 13.8 Å². The minimum atomic E-state index is -0.419. The maximum absolute atomic E-state index is 11.5. The molecule has 0 radical (unpaired) electrons. The molecule has 0 saturated heterocycles. The van der Waals surface area contributed by atoms with E-state index in [0.29, 0.717) is 11.3 Å².